The average Bonchev–Trinajstić information content (AvgIpc) is 3.45. The number of rotatable bonds is 6. The molecule has 0 radical (unpaired) electrons. The van der Waals surface area contributed by atoms with Gasteiger partial charge in [-0.2, -0.15) is 0 Å². The Morgan fingerprint density at radius 3 is 2.16 bits per heavy atom. The van der Waals surface area contributed by atoms with E-state index in [-0.39, 0.29) is 33.5 Å². The monoisotopic (exact) mass is 538 g/mol. The normalized spacial score (nSPS) is 16.8. The van der Waals surface area contributed by atoms with Gasteiger partial charge in [0, 0.05) is 5.56 Å². The molecule has 2 heterocycles. The van der Waals surface area contributed by atoms with Crippen molar-refractivity contribution in [3.05, 3.63) is 82.9 Å². The predicted molar refractivity (Wildman–Crippen MR) is 137 cm³/mol. The summed E-state index contributed by atoms with van der Waals surface area (Å²) in [4.78, 5) is 32.4. The van der Waals surface area contributed by atoms with E-state index in [1.807, 2.05) is 0 Å². The first kappa shape index (κ1) is 25.2. The Balaban J connectivity index is 1.78. The van der Waals surface area contributed by atoms with Gasteiger partial charge in [-0.25, -0.2) is 13.8 Å². The first-order chi connectivity index (χ1) is 18.3. The number of amides is 1. The molecular formula is C27H20F2N2O6S. The summed E-state index contributed by atoms with van der Waals surface area (Å²) in [6, 6.07) is 10.8. The topological polar surface area (TPSA) is 98.2 Å². The third-order valence-corrected chi connectivity index (χ3v) is 7.13. The number of aromatic nitrogens is 1. The van der Waals surface area contributed by atoms with E-state index in [0.29, 0.717) is 15.8 Å². The van der Waals surface area contributed by atoms with E-state index >= 15 is 0 Å². The van der Waals surface area contributed by atoms with Crippen LogP contribution in [0.15, 0.2) is 60.2 Å². The minimum absolute atomic E-state index is 0.115. The van der Waals surface area contributed by atoms with Crippen molar-refractivity contribution in [3.63, 3.8) is 0 Å². The molecule has 1 aliphatic rings. The summed E-state index contributed by atoms with van der Waals surface area (Å²) in [5, 5.41) is 11.3. The van der Waals surface area contributed by atoms with Crippen LogP contribution in [0.2, 0.25) is 0 Å². The molecule has 0 unspecified atom stereocenters. The van der Waals surface area contributed by atoms with Crippen LogP contribution in [-0.2, 0) is 9.59 Å². The molecule has 0 saturated carbocycles. The highest BCUT2D eigenvalue weighted by atomic mass is 32.1. The summed E-state index contributed by atoms with van der Waals surface area (Å²) in [6.45, 7) is 0. The number of carbonyl (C=O) groups excluding carboxylic acids is 2. The summed E-state index contributed by atoms with van der Waals surface area (Å²) in [7, 11) is 4.26. The number of Topliss-reactive ketones (excluding diaryl/α,β-unsaturated/α-hetero) is 1. The summed E-state index contributed by atoms with van der Waals surface area (Å²) < 4.78 is 44.2. The highest BCUT2D eigenvalue weighted by Gasteiger charge is 2.48. The molecule has 0 aliphatic carbocycles. The van der Waals surface area contributed by atoms with Crippen LogP contribution in [0.5, 0.6) is 17.2 Å². The van der Waals surface area contributed by atoms with E-state index in [1.54, 1.807) is 12.1 Å². The van der Waals surface area contributed by atoms with Crippen molar-refractivity contribution in [1.82, 2.24) is 4.98 Å². The van der Waals surface area contributed by atoms with Gasteiger partial charge in [-0.1, -0.05) is 11.3 Å². The van der Waals surface area contributed by atoms with Crippen molar-refractivity contribution < 1.29 is 37.7 Å². The number of fused-ring (bicyclic) bond motifs is 1. The lowest BCUT2D eigenvalue weighted by atomic mass is 9.94. The van der Waals surface area contributed by atoms with Crippen LogP contribution in [0.1, 0.15) is 17.2 Å². The molecule has 1 atom stereocenters. The molecule has 1 amide bonds. The number of hydrogen-bond acceptors (Lipinski definition) is 8. The van der Waals surface area contributed by atoms with Crippen LogP contribution in [0, 0.1) is 11.6 Å². The van der Waals surface area contributed by atoms with E-state index in [0.717, 1.165) is 28.4 Å². The fraction of sp³-hybridized carbons (Fsp3) is 0.148. The maximum absolute atomic E-state index is 13.9. The Kier molecular flexibility index (Phi) is 6.45. The van der Waals surface area contributed by atoms with E-state index in [1.165, 1.54) is 51.7 Å². The van der Waals surface area contributed by atoms with Gasteiger partial charge in [0.1, 0.15) is 17.4 Å². The minimum Gasteiger partial charge on any atom is -0.507 e. The number of aliphatic hydroxyl groups is 1. The first-order valence-electron chi connectivity index (χ1n) is 11.2. The molecule has 5 rings (SSSR count). The molecule has 38 heavy (non-hydrogen) atoms. The van der Waals surface area contributed by atoms with Crippen molar-refractivity contribution in [2.24, 2.45) is 0 Å². The third kappa shape index (κ3) is 4.10. The Labute approximate surface area is 219 Å². The Bertz CT molecular complexity index is 1590. The summed E-state index contributed by atoms with van der Waals surface area (Å²) in [6.07, 6.45) is 0. The quantitative estimate of drug-likeness (QED) is 0.204. The summed E-state index contributed by atoms with van der Waals surface area (Å²) in [5.74, 6) is -2.66. The number of anilines is 1. The number of carbonyl (C=O) groups is 2. The van der Waals surface area contributed by atoms with Crippen LogP contribution < -0.4 is 19.1 Å². The van der Waals surface area contributed by atoms with Crippen molar-refractivity contribution in [3.8, 4) is 17.2 Å². The molecule has 1 aromatic heterocycles. The smallest absolute Gasteiger partial charge is 0.301 e. The van der Waals surface area contributed by atoms with E-state index in [2.05, 4.69) is 4.98 Å². The lowest BCUT2D eigenvalue weighted by Crippen LogP contribution is -2.29. The lowest BCUT2D eigenvalue weighted by Gasteiger charge is -2.24. The Morgan fingerprint density at radius 1 is 0.921 bits per heavy atom. The van der Waals surface area contributed by atoms with Crippen LogP contribution in [0.4, 0.5) is 13.9 Å². The van der Waals surface area contributed by atoms with Crippen LogP contribution in [0.25, 0.3) is 16.0 Å². The Hall–Kier alpha value is -4.51. The number of ketones is 1. The number of halogens is 2. The van der Waals surface area contributed by atoms with Gasteiger partial charge in [0.15, 0.2) is 16.6 Å². The average molecular weight is 539 g/mol. The zero-order valence-electron chi connectivity index (χ0n) is 20.3. The number of nitrogens with zero attached hydrogens (tertiary/aromatic N) is 2. The van der Waals surface area contributed by atoms with Gasteiger partial charge in [0.25, 0.3) is 5.78 Å². The molecule has 1 aliphatic heterocycles. The number of aliphatic hydroxyl groups excluding tert-OH is 1. The van der Waals surface area contributed by atoms with Crippen molar-refractivity contribution >= 4 is 44.1 Å². The van der Waals surface area contributed by atoms with E-state index < -0.39 is 35.1 Å². The molecule has 0 spiro atoms. The summed E-state index contributed by atoms with van der Waals surface area (Å²) in [5.41, 5.74) is 0.651. The zero-order valence-corrected chi connectivity index (χ0v) is 21.1. The van der Waals surface area contributed by atoms with Gasteiger partial charge >= 0.3 is 5.91 Å². The number of thiazole rings is 1. The van der Waals surface area contributed by atoms with Gasteiger partial charge in [0.05, 0.1) is 43.2 Å². The van der Waals surface area contributed by atoms with Crippen LogP contribution >= 0.6 is 11.3 Å². The maximum Gasteiger partial charge on any atom is 0.301 e. The minimum atomic E-state index is -1.18. The summed E-state index contributed by atoms with van der Waals surface area (Å²) >= 11 is 1.01. The van der Waals surface area contributed by atoms with Crippen molar-refractivity contribution in [1.29, 1.82) is 0 Å². The third-order valence-electron chi connectivity index (χ3n) is 6.11. The van der Waals surface area contributed by atoms with Crippen LogP contribution in [0.3, 0.4) is 0 Å². The first-order valence-corrected chi connectivity index (χ1v) is 12.0. The highest BCUT2D eigenvalue weighted by Crippen LogP contribution is 2.48. The van der Waals surface area contributed by atoms with E-state index in [9.17, 15) is 23.5 Å². The second-order valence-corrected chi connectivity index (χ2v) is 9.25. The molecular weight excluding hydrogens is 518 g/mol. The van der Waals surface area contributed by atoms with E-state index in [4.69, 9.17) is 14.2 Å². The second kappa shape index (κ2) is 9.75. The van der Waals surface area contributed by atoms with Gasteiger partial charge < -0.3 is 19.3 Å². The van der Waals surface area contributed by atoms with Crippen molar-refractivity contribution in [2.75, 3.05) is 26.2 Å². The second-order valence-electron chi connectivity index (χ2n) is 8.24. The van der Waals surface area contributed by atoms with Gasteiger partial charge in [-0.3, -0.25) is 14.5 Å². The molecule has 194 valence electrons. The molecule has 1 fully saturated rings. The standard InChI is InChI=1S/C27H20F2N2O6S/c1-35-18-10-14(11-19(36-2)25(18)37-3)22-21(23(32)13-4-6-15(28)7-5-13)24(33)26(34)31(22)27-30-17-9-8-16(29)12-20(17)38-27/h4-12,22,32H,1-3H3/t22-/m0/s1. The fourth-order valence-corrected chi connectivity index (χ4v) is 5.37. The van der Waals surface area contributed by atoms with Crippen molar-refractivity contribution in [2.45, 2.75) is 6.04 Å². The molecule has 4 aromatic rings. The predicted octanol–water partition coefficient (Wildman–Crippen LogP) is 5.23. The molecule has 1 N–H and O–H groups in total. The Morgan fingerprint density at radius 2 is 1.55 bits per heavy atom. The van der Waals surface area contributed by atoms with Gasteiger partial charge in [-0.15, -0.1) is 0 Å². The lowest BCUT2D eigenvalue weighted by molar-refractivity contribution is -0.132. The van der Waals surface area contributed by atoms with Gasteiger partial charge in [-0.05, 0) is 60.2 Å². The number of methoxy groups -OCH3 is 3. The molecule has 11 heteroatoms. The fourth-order valence-electron chi connectivity index (χ4n) is 4.36. The molecule has 1 saturated heterocycles. The van der Waals surface area contributed by atoms with Gasteiger partial charge in [0.2, 0.25) is 5.75 Å². The number of hydrogen-bond donors (Lipinski definition) is 1. The maximum atomic E-state index is 13.9. The molecule has 8 nitrogen and oxygen atoms in total. The largest absolute Gasteiger partial charge is 0.507 e. The molecule has 3 aromatic carbocycles. The number of benzene rings is 3. The highest BCUT2D eigenvalue weighted by molar-refractivity contribution is 7.22. The zero-order chi connectivity index (χ0) is 27.1. The van der Waals surface area contributed by atoms with Crippen LogP contribution in [-0.4, -0.2) is 43.1 Å². The SMILES string of the molecule is COc1cc([C@H]2C(=C(O)c3ccc(F)cc3)C(=O)C(=O)N2c2nc3ccc(F)cc3s2)cc(OC)c1OC. The number of ether oxygens (including phenoxy) is 3. The molecule has 0 bridgehead atoms.